The molecule has 0 radical (unpaired) electrons. The second kappa shape index (κ2) is 9.96. The van der Waals surface area contributed by atoms with E-state index in [1.54, 1.807) is 23.5 Å². The molecule has 1 aromatic heterocycles. The number of nitrogens with one attached hydrogen (secondary N) is 1. The van der Waals surface area contributed by atoms with Crippen LogP contribution >= 0.6 is 34.5 Å². The molecule has 1 fully saturated rings. The van der Waals surface area contributed by atoms with Crippen molar-refractivity contribution in [2.24, 2.45) is 23.2 Å². The van der Waals surface area contributed by atoms with Crippen LogP contribution < -0.4 is 5.32 Å². The molecule has 5 nitrogen and oxygen atoms in total. The molecule has 0 bridgehead atoms. The van der Waals surface area contributed by atoms with Gasteiger partial charge in [-0.15, -0.1) is 11.3 Å². The quantitative estimate of drug-likeness (QED) is 0.439. The van der Waals surface area contributed by atoms with Gasteiger partial charge in [0.2, 0.25) is 5.91 Å². The largest absolute Gasteiger partial charge is 0.392 e. The van der Waals surface area contributed by atoms with E-state index >= 15 is 0 Å². The smallest absolute Gasteiger partial charge is 0.225 e. The Morgan fingerprint density at radius 2 is 1.97 bits per heavy atom. The Kier molecular flexibility index (Phi) is 7.54. The van der Waals surface area contributed by atoms with Crippen LogP contribution in [0.2, 0.25) is 10.0 Å². The standard InChI is InChI=1S/C26H35Cl2N3O2S/c1-6-31(7-2)24(33)14(3)16-11-12-26(5)13-19-21(15(4)20(26)23(16)32)29-25(34-19)30-22-17(27)9-8-10-18(22)28/h8-10,14-16,20,23,32H,6-7,11-13H2,1-5H3,(H,29,30)/t14-,15-,16?,20+,23-,26-/m0/s1. The van der Waals surface area contributed by atoms with Crippen LogP contribution in [0.5, 0.6) is 0 Å². The molecule has 1 saturated carbocycles. The molecule has 2 aliphatic carbocycles. The monoisotopic (exact) mass is 523 g/mol. The van der Waals surface area contributed by atoms with Crippen LogP contribution in [-0.2, 0) is 11.2 Å². The number of nitrogens with zero attached hydrogens (tertiary/aromatic N) is 2. The number of para-hydroxylation sites is 1. The van der Waals surface area contributed by atoms with Gasteiger partial charge in [-0.2, -0.15) is 0 Å². The van der Waals surface area contributed by atoms with Gasteiger partial charge in [0.25, 0.3) is 0 Å². The highest BCUT2D eigenvalue weighted by Gasteiger charge is 2.54. The van der Waals surface area contributed by atoms with Gasteiger partial charge in [0.1, 0.15) is 0 Å². The lowest BCUT2D eigenvalue weighted by Crippen LogP contribution is -2.53. The Morgan fingerprint density at radius 3 is 2.59 bits per heavy atom. The first-order valence-corrected chi connectivity index (χ1v) is 13.9. The van der Waals surface area contributed by atoms with Crippen molar-refractivity contribution in [3.8, 4) is 0 Å². The topological polar surface area (TPSA) is 65.5 Å². The third-order valence-electron chi connectivity index (χ3n) is 8.22. The summed E-state index contributed by atoms with van der Waals surface area (Å²) in [4.78, 5) is 21.1. The predicted octanol–water partition coefficient (Wildman–Crippen LogP) is 6.75. The van der Waals surface area contributed by atoms with Crippen molar-refractivity contribution in [2.45, 2.75) is 65.9 Å². The molecule has 0 aliphatic heterocycles. The minimum absolute atomic E-state index is 0.0217. The lowest BCUT2D eigenvalue weighted by molar-refractivity contribution is -0.144. The van der Waals surface area contributed by atoms with Gasteiger partial charge in [-0.05, 0) is 62.5 Å². The third kappa shape index (κ3) is 4.47. The summed E-state index contributed by atoms with van der Waals surface area (Å²) in [6.45, 7) is 11.9. The van der Waals surface area contributed by atoms with Gasteiger partial charge in [0.15, 0.2) is 5.13 Å². The molecule has 0 spiro atoms. The van der Waals surface area contributed by atoms with E-state index in [1.807, 2.05) is 31.7 Å². The van der Waals surface area contributed by atoms with Crippen LogP contribution in [0, 0.1) is 23.2 Å². The van der Waals surface area contributed by atoms with Crippen LogP contribution in [0.4, 0.5) is 10.8 Å². The number of carbonyl (C=O) groups excluding carboxylic acids is 1. The van der Waals surface area contributed by atoms with Crippen molar-refractivity contribution in [1.82, 2.24) is 9.88 Å². The third-order valence-corrected chi connectivity index (χ3v) is 9.84. The Bertz CT molecular complexity index is 1040. The molecule has 1 unspecified atom stereocenters. The number of anilines is 2. The fourth-order valence-corrected chi connectivity index (χ4v) is 8.09. The van der Waals surface area contributed by atoms with Gasteiger partial charge in [-0.1, -0.05) is 50.0 Å². The number of aromatic nitrogens is 1. The summed E-state index contributed by atoms with van der Waals surface area (Å²) in [6, 6.07) is 5.43. The fraction of sp³-hybridized carbons (Fsp3) is 0.615. The minimum atomic E-state index is -0.535. The average Bonchev–Trinajstić information content (AvgIpc) is 3.19. The van der Waals surface area contributed by atoms with E-state index in [-0.39, 0.29) is 35.0 Å². The Labute approximate surface area is 216 Å². The summed E-state index contributed by atoms with van der Waals surface area (Å²) >= 11 is 14.4. The summed E-state index contributed by atoms with van der Waals surface area (Å²) < 4.78 is 0. The van der Waals surface area contributed by atoms with Crippen molar-refractivity contribution >= 4 is 51.3 Å². The van der Waals surface area contributed by atoms with E-state index in [0.717, 1.165) is 30.1 Å². The van der Waals surface area contributed by atoms with Crippen molar-refractivity contribution in [3.05, 3.63) is 38.8 Å². The molecule has 1 amide bonds. The van der Waals surface area contributed by atoms with Crippen molar-refractivity contribution in [3.63, 3.8) is 0 Å². The van der Waals surface area contributed by atoms with Crippen LogP contribution in [0.3, 0.4) is 0 Å². The summed E-state index contributed by atoms with van der Waals surface area (Å²) in [7, 11) is 0. The number of carbonyl (C=O) groups is 1. The van der Waals surface area contributed by atoms with Crippen molar-refractivity contribution < 1.29 is 9.90 Å². The zero-order valence-electron chi connectivity index (χ0n) is 20.6. The first kappa shape index (κ1) is 25.7. The maximum Gasteiger partial charge on any atom is 0.225 e. The number of fused-ring (bicyclic) bond motifs is 2. The molecule has 2 aliphatic rings. The van der Waals surface area contributed by atoms with E-state index in [2.05, 4.69) is 19.2 Å². The number of hydrogen-bond donors (Lipinski definition) is 2. The number of aliphatic hydroxyl groups excluding tert-OH is 1. The van der Waals surface area contributed by atoms with Gasteiger partial charge in [0, 0.05) is 29.8 Å². The number of amides is 1. The first-order chi connectivity index (χ1) is 16.1. The summed E-state index contributed by atoms with van der Waals surface area (Å²) in [6.07, 6.45) is 2.21. The van der Waals surface area contributed by atoms with Gasteiger partial charge in [-0.25, -0.2) is 4.98 Å². The molecule has 4 rings (SSSR count). The van der Waals surface area contributed by atoms with Crippen LogP contribution in [0.25, 0.3) is 0 Å². The molecular formula is C26H35Cl2N3O2S. The molecule has 186 valence electrons. The number of thiazole rings is 1. The highest BCUT2D eigenvalue weighted by Crippen LogP contribution is 2.57. The Morgan fingerprint density at radius 1 is 1.32 bits per heavy atom. The van der Waals surface area contributed by atoms with Crippen LogP contribution in [-0.4, -0.2) is 40.1 Å². The van der Waals surface area contributed by atoms with E-state index in [0.29, 0.717) is 28.8 Å². The Hall–Kier alpha value is -1.34. The maximum atomic E-state index is 13.1. The average molecular weight is 525 g/mol. The molecule has 1 heterocycles. The molecule has 34 heavy (non-hydrogen) atoms. The first-order valence-electron chi connectivity index (χ1n) is 12.3. The number of halogens is 2. The number of rotatable bonds is 6. The van der Waals surface area contributed by atoms with Gasteiger partial charge >= 0.3 is 0 Å². The molecule has 2 aromatic rings. The number of benzene rings is 1. The highest BCUT2D eigenvalue weighted by atomic mass is 35.5. The zero-order chi connectivity index (χ0) is 24.8. The molecule has 2 N–H and O–H groups in total. The van der Waals surface area contributed by atoms with Crippen molar-refractivity contribution in [2.75, 3.05) is 18.4 Å². The zero-order valence-corrected chi connectivity index (χ0v) is 22.9. The molecule has 6 atom stereocenters. The maximum absolute atomic E-state index is 13.1. The lowest BCUT2D eigenvalue weighted by Gasteiger charge is -2.53. The normalized spacial score (nSPS) is 29.2. The van der Waals surface area contributed by atoms with E-state index in [9.17, 15) is 9.90 Å². The second-order valence-corrected chi connectivity index (χ2v) is 12.1. The summed E-state index contributed by atoms with van der Waals surface area (Å²) in [5.74, 6) is 0.0790. The van der Waals surface area contributed by atoms with Crippen LogP contribution in [0.1, 0.15) is 63.9 Å². The van der Waals surface area contributed by atoms with E-state index < -0.39 is 6.10 Å². The van der Waals surface area contributed by atoms with Gasteiger partial charge < -0.3 is 15.3 Å². The van der Waals surface area contributed by atoms with Crippen LogP contribution in [0.15, 0.2) is 18.2 Å². The molecule has 1 aromatic carbocycles. The molecule has 0 saturated heterocycles. The van der Waals surface area contributed by atoms with Gasteiger partial charge in [-0.3, -0.25) is 4.79 Å². The minimum Gasteiger partial charge on any atom is -0.392 e. The summed E-state index contributed by atoms with van der Waals surface area (Å²) in [5, 5.41) is 16.8. The SMILES string of the molecule is CCN(CC)C(=O)[C@@H](C)C1CC[C@@]2(C)Cc3sc(Nc4c(Cl)cccc4Cl)nc3[C@@H](C)[C@@H]2[C@H]1O. The van der Waals surface area contributed by atoms with E-state index in [4.69, 9.17) is 28.2 Å². The number of aliphatic hydroxyl groups is 1. The highest BCUT2D eigenvalue weighted by molar-refractivity contribution is 7.15. The number of hydrogen-bond acceptors (Lipinski definition) is 5. The predicted molar refractivity (Wildman–Crippen MR) is 141 cm³/mol. The molecular weight excluding hydrogens is 489 g/mol. The fourth-order valence-electron chi connectivity index (χ4n) is 6.33. The van der Waals surface area contributed by atoms with Gasteiger partial charge in [0.05, 0.1) is 27.5 Å². The van der Waals surface area contributed by atoms with E-state index in [1.165, 1.54) is 4.88 Å². The Balaban J connectivity index is 1.60. The van der Waals surface area contributed by atoms with Crippen molar-refractivity contribution in [1.29, 1.82) is 0 Å². The molecule has 8 heteroatoms. The second-order valence-electron chi connectivity index (χ2n) is 10.2. The lowest BCUT2D eigenvalue weighted by atomic mass is 9.53. The summed E-state index contributed by atoms with van der Waals surface area (Å²) in [5.41, 5.74) is 1.68.